The first-order valence-electron chi connectivity index (χ1n) is 6.58. The SMILES string of the molecule is COc1ccc(/C=C/C(=O)Nc2cc(Cl)ccc2C)cc1Br. The first kappa shape index (κ1) is 16.6. The Hall–Kier alpha value is -1.78. The van der Waals surface area contributed by atoms with E-state index in [9.17, 15) is 4.79 Å². The highest BCUT2D eigenvalue weighted by atomic mass is 79.9. The van der Waals surface area contributed by atoms with Gasteiger partial charge in [0.2, 0.25) is 5.91 Å². The van der Waals surface area contributed by atoms with E-state index >= 15 is 0 Å². The third kappa shape index (κ3) is 4.36. The van der Waals surface area contributed by atoms with Crippen LogP contribution in [0.5, 0.6) is 5.75 Å². The molecule has 0 fully saturated rings. The molecule has 2 aromatic rings. The maximum atomic E-state index is 12.0. The van der Waals surface area contributed by atoms with Crippen LogP contribution >= 0.6 is 27.5 Å². The van der Waals surface area contributed by atoms with Gasteiger partial charge in [-0.25, -0.2) is 0 Å². The zero-order valence-corrected chi connectivity index (χ0v) is 14.5. The topological polar surface area (TPSA) is 38.3 Å². The minimum atomic E-state index is -0.211. The van der Waals surface area contributed by atoms with Crippen molar-refractivity contribution in [3.63, 3.8) is 0 Å². The van der Waals surface area contributed by atoms with Gasteiger partial charge in [0.1, 0.15) is 5.75 Å². The van der Waals surface area contributed by atoms with Crippen molar-refractivity contribution in [2.75, 3.05) is 12.4 Å². The van der Waals surface area contributed by atoms with E-state index in [0.717, 1.165) is 21.3 Å². The van der Waals surface area contributed by atoms with Crippen LogP contribution in [0.1, 0.15) is 11.1 Å². The lowest BCUT2D eigenvalue weighted by Gasteiger charge is -2.07. The maximum absolute atomic E-state index is 12.0. The minimum Gasteiger partial charge on any atom is -0.496 e. The van der Waals surface area contributed by atoms with E-state index in [1.165, 1.54) is 6.08 Å². The Morgan fingerprint density at radius 2 is 2.05 bits per heavy atom. The Bertz CT molecular complexity index is 729. The Morgan fingerprint density at radius 1 is 1.27 bits per heavy atom. The Balaban J connectivity index is 2.08. The average Bonchev–Trinajstić information content (AvgIpc) is 2.49. The van der Waals surface area contributed by atoms with Crippen molar-refractivity contribution in [3.05, 3.63) is 63.1 Å². The first-order valence-corrected chi connectivity index (χ1v) is 7.75. The van der Waals surface area contributed by atoms with Crippen molar-refractivity contribution in [2.24, 2.45) is 0 Å². The molecule has 0 saturated carbocycles. The fraction of sp³-hybridized carbons (Fsp3) is 0.118. The lowest BCUT2D eigenvalue weighted by molar-refractivity contribution is -0.111. The summed E-state index contributed by atoms with van der Waals surface area (Å²) in [5, 5.41) is 3.40. The van der Waals surface area contributed by atoms with Crippen LogP contribution in [0.4, 0.5) is 5.69 Å². The normalized spacial score (nSPS) is 10.7. The van der Waals surface area contributed by atoms with Crippen molar-refractivity contribution < 1.29 is 9.53 Å². The van der Waals surface area contributed by atoms with Gasteiger partial charge in [-0.05, 0) is 64.3 Å². The number of amides is 1. The predicted octanol–water partition coefficient (Wildman–Crippen LogP) is 5.07. The van der Waals surface area contributed by atoms with Crippen LogP contribution in [0.25, 0.3) is 6.08 Å². The molecule has 2 rings (SSSR count). The summed E-state index contributed by atoms with van der Waals surface area (Å²) in [4.78, 5) is 12.0. The summed E-state index contributed by atoms with van der Waals surface area (Å²) in [6, 6.07) is 11.0. The number of aryl methyl sites for hydroxylation is 1. The van der Waals surface area contributed by atoms with Gasteiger partial charge in [-0.1, -0.05) is 23.7 Å². The molecule has 0 heterocycles. The molecule has 0 spiro atoms. The van der Waals surface area contributed by atoms with Crippen molar-refractivity contribution >= 4 is 45.2 Å². The Morgan fingerprint density at radius 3 is 2.73 bits per heavy atom. The molecular formula is C17H15BrClNO2. The van der Waals surface area contributed by atoms with Crippen LogP contribution in [0, 0.1) is 6.92 Å². The molecule has 0 atom stereocenters. The number of rotatable bonds is 4. The highest BCUT2D eigenvalue weighted by Crippen LogP contribution is 2.26. The van der Waals surface area contributed by atoms with Crippen LogP contribution in [0.15, 0.2) is 46.9 Å². The van der Waals surface area contributed by atoms with E-state index in [2.05, 4.69) is 21.2 Å². The van der Waals surface area contributed by atoms with Gasteiger partial charge in [0.25, 0.3) is 0 Å². The summed E-state index contributed by atoms with van der Waals surface area (Å²) in [5.41, 5.74) is 2.56. The molecule has 0 saturated heterocycles. The van der Waals surface area contributed by atoms with E-state index < -0.39 is 0 Å². The molecule has 0 radical (unpaired) electrons. The third-order valence-electron chi connectivity index (χ3n) is 3.06. The first-order chi connectivity index (χ1) is 10.5. The number of methoxy groups -OCH3 is 1. The van der Waals surface area contributed by atoms with E-state index in [-0.39, 0.29) is 5.91 Å². The number of halogens is 2. The quantitative estimate of drug-likeness (QED) is 0.752. The number of benzene rings is 2. The number of ether oxygens (including phenoxy) is 1. The fourth-order valence-corrected chi connectivity index (χ4v) is 2.59. The molecule has 114 valence electrons. The van der Waals surface area contributed by atoms with Gasteiger partial charge in [0.05, 0.1) is 11.6 Å². The predicted molar refractivity (Wildman–Crippen MR) is 94.5 cm³/mol. The molecule has 5 heteroatoms. The standard InChI is InChI=1S/C17H15BrClNO2/c1-11-3-6-13(19)10-15(11)20-17(21)8-5-12-4-7-16(22-2)14(18)9-12/h3-10H,1-2H3,(H,20,21)/b8-5+. The largest absolute Gasteiger partial charge is 0.496 e. The minimum absolute atomic E-state index is 0.211. The van der Waals surface area contributed by atoms with E-state index in [1.807, 2.05) is 31.2 Å². The van der Waals surface area contributed by atoms with Gasteiger partial charge in [-0.2, -0.15) is 0 Å². The summed E-state index contributed by atoms with van der Waals surface area (Å²) in [7, 11) is 1.61. The van der Waals surface area contributed by atoms with Crippen molar-refractivity contribution in [3.8, 4) is 5.75 Å². The fourth-order valence-electron chi connectivity index (χ4n) is 1.86. The number of carbonyl (C=O) groups is 1. The van der Waals surface area contributed by atoms with E-state index in [1.54, 1.807) is 25.3 Å². The van der Waals surface area contributed by atoms with Crippen molar-refractivity contribution in [2.45, 2.75) is 6.92 Å². The summed E-state index contributed by atoms with van der Waals surface area (Å²) >= 11 is 9.34. The molecule has 0 bridgehead atoms. The molecule has 2 aromatic carbocycles. The van der Waals surface area contributed by atoms with Crippen LogP contribution < -0.4 is 10.1 Å². The number of anilines is 1. The summed E-state index contributed by atoms with van der Waals surface area (Å²) in [6.45, 7) is 1.91. The van der Waals surface area contributed by atoms with Crippen LogP contribution in [0.3, 0.4) is 0 Å². The number of hydrogen-bond donors (Lipinski definition) is 1. The zero-order valence-electron chi connectivity index (χ0n) is 12.2. The molecule has 1 N–H and O–H groups in total. The monoisotopic (exact) mass is 379 g/mol. The molecule has 0 aliphatic carbocycles. The van der Waals surface area contributed by atoms with Crippen LogP contribution in [0.2, 0.25) is 5.02 Å². The number of hydrogen-bond acceptors (Lipinski definition) is 2. The molecule has 1 amide bonds. The third-order valence-corrected chi connectivity index (χ3v) is 3.92. The van der Waals surface area contributed by atoms with Gasteiger partial charge in [-0.15, -0.1) is 0 Å². The highest BCUT2D eigenvalue weighted by molar-refractivity contribution is 9.10. The molecule has 22 heavy (non-hydrogen) atoms. The van der Waals surface area contributed by atoms with Crippen LogP contribution in [-0.2, 0) is 4.79 Å². The molecule has 0 aliphatic rings. The van der Waals surface area contributed by atoms with Gasteiger partial charge < -0.3 is 10.1 Å². The van der Waals surface area contributed by atoms with Crippen molar-refractivity contribution in [1.29, 1.82) is 0 Å². The summed E-state index contributed by atoms with van der Waals surface area (Å²) in [5.74, 6) is 0.536. The Labute approximate surface area is 143 Å². The highest BCUT2D eigenvalue weighted by Gasteiger charge is 2.03. The maximum Gasteiger partial charge on any atom is 0.248 e. The lowest BCUT2D eigenvalue weighted by Crippen LogP contribution is -2.08. The summed E-state index contributed by atoms with van der Waals surface area (Å²) in [6.07, 6.45) is 3.22. The van der Waals surface area contributed by atoms with Gasteiger partial charge in [0.15, 0.2) is 0 Å². The Kier molecular flexibility index (Phi) is 5.63. The second-order valence-electron chi connectivity index (χ2n) is 4.68. The van der Waals surface area contributed by atoms with Gasteiger partial charge >= 0.3 is 0 Å². The second-order valence-corrected chi connectivity index (χ2v) is 5.97. The molecule has 3 nitrogen and oxygen atoms in total. The number of carbonyl (C=O) groups excluding carboxylic acids is 1. The smallest absolute Gasteiger partial charge is 0.248 e. The molecule has 0 aliphatic heterocycles. The number of nitrogens with one attached hydrogen (secondary N) is 1. The second kappa shape index (κ2) is 7.47. The van der Waals surface area contributed by atoms with E-state index in [4.69, 9.17) is 16.3 Å². The molecule has 0 unspecified atom stereocenters. The molecule has 0 aromatic heterocycles. The van der Waals surface area contributed by atoms with Gasteiger partial charge in [-0.3, -0.25) is 4.79 Å². The average molecular weight is 381 g/mol. The summed E-state index contributed by atoms with van der Waals surface area (Å²) < 4.78 is 6.00. The van der Waals surface area contributed by atoms with Crippen LogP contribution in [-0.4, -0.2) is 13.0 Å². The van der Waals surface area contributed by atoms with Crippen molar-refractivity contribution in [1.82, 2.24) is 0 Å². The molecular weight excluding hydrogens is 366 g/mol. The zero-order chi connectivity index (χ0) is 16.1. The van der Waals surface area contributed by atoms with Gasteiger partial charge in [0, 0.05) is 16.8 Å². The van der Waals surface area contributed by atoms with E-state index in [0.29, 0.717) is 10.7 Å². The lowest BCUT2D eigenvalue weighted by atomic mass is 10.2.